The normalized spacial score (nSPS) is 12.9. The molecule has 1 aromatic rings. The fourth-order valence-corrected chi connectivity index (χ4v) is 2.95. The largest absolute Gasteiger partial charge is 0.380 e. The predicted molar refractivity (Wildman–Crippen MR) is 91.7 cm³/mol. The summed E-state index contributed by atoms with van der Waals surface area (Å²) >= 11 is 1.64. The molecule has 0 saturated heterocycles. The Morgan fingerprint density at radius 1 is 1.43 bits per heavy atom. The average Bonchev–Trinajstić information content (AvgIpc) is 2.72. The average molecular weight is 358 g/mol. The van der Waals surface area contributed by atoms with Crippen molar-refractivity contribution in [1.82, 2.24) is 9.88 Å². The zero-order valence-electron chi connectivity index (χ0n) is 13.1. The molecular formula is C13H25Cl2N3O2S. The van der Waals surface area contributed by atoms with Gasteiger partial charge in [0.2, 0.25) is 5.91 Å². The summed E-state index contributed by atoms with van der Waals surface area (Å²) in [7, 11) is 3.38. The Kier molecular flexibility index (Phi) is 11.3. The van der Waals surface area contributed by atoms with Gasteiger partial charge in [-0.2, -0.15) is 0 Å². The van der Waals surface area contributed by atoms with Gasteiger partial charge in [-0.05, 0) is 20.8 Å². The van der Waals surface area contributed by atoms with E-state index in [0.717, 1.165) is 15.6 Å². The van der Waals surface area contributed by atoms with Gasteiger partial charge in [0.25, 0.3) is 0 Å². The quantitative estimate of drug-likeness (QED) is 0.848. The Morgan fingerprint density at radius 2 is 2.00 bits per heavy atom. The van der Waals surface area contributed by atoms with E-state index in [-0.39, 0.29) is 42.9 Å². The number of amides is 1. The molecule has 1 rings (SSSR count). The van der Waals surface area contributed by atoms with E-state index in [2.05, 4.69) is 4.98 Å². The number of thiazole rings is 1. The Hall–Kier alpha value is -0.400. The molecule has 124 valence electrons. The van der Waals surface area contributed by atoms with E-state index in [1.165, 1.54) is 0 Å². The van der Waals surface area contributed by atoms with Crippen LogP contribution in [0, 0.1) is 13.8 Å². The lowest BCUT2D eigenvalue weighted by atomic mass is 10.1. The first kappa shape index (κ1) is 22.9. The molecule has 5 nitrogen and oxygen atoms in total. The topological polar surface area (TPSA) is 68.5 Å². The highest BCUT2D eigenvalue weighted by Crippen LogP contribution is 2.28. The summed E-state index contributed by atoms with van der Waals surface area (Å²) in [5.74, 6) is 0.0373. The number of hydrogen-bond acceptors (Lipinski definition) is 5. The minimum absolute atomic E-state index is 0. The van der Waals surface area contributed by atoms with Crippen LogP contribution in [-0.4, -0.2) is 42.6 Å². The van der Waals surface area contributed by atoms with Crippen molar-refractivity contribution in [1.29, 1.82) is 0 Å². The number of rotatable bonds is 6. The first-order chi connectivity index (χ1) is 8.90. The van der Waals surface area contributed by atoms with Crippen LogP contribution in [0.1, 0.15) is 35.0 Å². The van der Waals surface area contributed by atoms with Gasteiger partial charge >= 0.3 is 0 Å². The van der Waals surface area contributed by atoms with Crippen molar-refractivity contribution in [2.45, 2.75) is 39.3 Å². The third-order valence-corrected chi connectivity index (χ3v) is 4.53. The summed E-state index contributed by atoms with van der Waals surface area (Å²) in [5, 5.41) is 1.02. The van der Waals surface area contributed by atoms with Crippen LogP contribution < -0.4 is 5.73 Å². The van der Waals surface area contributed by atoms with Crippen molar-refractivity contribution < 1.29 is 9.53 Å². The van der Waals surface area contributed by atoms with E-state index in [1.54, 1.807) is 23.3 Å². The third kappa shape index (κ3) is 6.08. The summed E-state index contributed by atoms with van der Waals surface area (Å²) < 4.78 is 5.15. The number of carbonyl (C=O) groups is 1. The maximum absolute atomic E-state index is 12.2. The number of halogens is 2. The second kappa shape index (κ2) is 10.3. The van der Waals surface area contributed by atoms with Crippen LogP contribution in [0.5, 0.6) is 0 Å². The molecule has 0 saturated carbocycles. The zero-order valence-corrected chi connectivity index (χ0v) is 15.5. The molecule has 1 amide bonds. The van der Waals surface area contributed by atoms with E-state index in [4.69, 9.17) is 10.5 Å². The first-order valence-electron chi connectivity index (χ1n) is 6.33. The highest BCUT2D eigenvalue weighted by atomic mass is 35.5. The molecule has 0 spiro atoms. The molecule has 0 aliphatic rings. The van der Waals surface area contributed by atoms with Crippen LogP contribution in [0.3, 0.4) is 0 Å². The lowest BCUT2D eigenvalue weighted by molar-refractivity contribution is -0.134. The van der Waals surface area contributed by atoms with E-state index in [1.807, 2.05) is 27.8 Å². The third-order valence-electron chi connectivity index (χ3n) is 3.29. The lowest BCUT2D eigenvalue weighted by Gasteiger charge is -2.26. The van der Waals surface area contributed by atoms with Crippen LogP contribution in [0.15, 0.2) is 0 Å². The molecule has 8 heteroatoms. The fourth-order valence-electron chi connectivity index (χ4n) is 1.93. The van der Waals surface area contributed by atoms with Gasteiger partial charge in [-0.3, -0.25) is 4.79 Å². The summed E-state index contributed by atoms with van der Waals surface area (Å²) in [6.07, 6.45) is 0.0939. The molecule has 0 aliphatic heterocycles. The number of nitrogens with two attached hydrogens (primary N) is 1. The number of carbonyl (C=O) groups excluding carboxylic acids is 1. The van der Waals surface area contributed by atoms with E-state index >= 15 is 0 Å². The number of methoxy groups -OCH3 is 1. The van der Waals surface area contributed by atoms with Crippen molar-refractivity contribution >= 4 is 42.1 Å². The highest BCUT2D eigenvalue weighted by molar-refractivity contribution is 7.11. The van der Waals surface area contributed by atoms with Gasteiger partial charge in [0.1, 0.15) is 0 Å². The summed E-state index contributed by atoms with van der Waals surface area (Å²) in [4.78, 5) is 19.5. The smallest absolute Gasteiger partial charge is 0.225 e. The first-order valence-corrected chi connectivity index (χ1v) is 7.14. The molecular weight excluding hydrogens is 333 g/mol. The van der Waals surface area contributed by atoms with E-state index < -0.39 is 0 Å². The van der Waals surface area contributed by atoms with Crippen LogP contribution in [-0.2, 0) is 9.53 Å². The Balaban J connectivity index is 0. The van der Waals surface area contributed by atoms with E-state index in [9.17, 15) is 4.79 Å². The van der Waals surface area contributed by atoms with Gasteiger partial charge in [-0.15, -0.1) is 36.2 Å². The summed E-state index contributed by atoms with van der Waals surface area (Å²) in [6.45, 7) is 6.32. The lowest BCUT2D eigenvalue weighted by Crippen LogP contribution is -2.35. The van der Waals surface area contributed by atoms with Crippen molar-refractivity contribution in [2.24, 2.45) is 5.73 Å². The van der Waals surface area contributed by atoms with Crippen LogP contribution >= 0.6 is 36.2 Å². The SMILES string of the molecule is COC(CN)CC(=O)N(C)C(C)c1sc(C)nc1C.Cl.Cl. The Labute approximate surface area is 143 Å². The number of aryl methyl sites for hydroxylation is 2. The Morgan fingerprint density at radius 3 is 2.38 bits per heavy atom. The van der Waals surface area contributed by atoms with Gasteiger partial charge in [0.05, 0.1) is 29.3 Å². The van der Waals surface area contributed by atoms with Gasteiger partial charge in [0, 0.05) is 25.6 Å². The maximum Gasteiger partial charge on any atom is 0.225 e. The molecule has 0 aromatic carbocycles. The molecule has 2 atom stereocenters. The molecule has 21 heavy (non-hydrogen) atoms. The minimum atomic E-state index is -0.216. The minimum Gasteiger partial charge on any atom is -0.380 e. The standard InChI is InChI=1S/C13H23N3O2S.2ClH/c1-8-13(19-10(3)15-8)9(2)16(4)12(17)6-11(7-14)18-5;;/h9,11H,6-7,14H2,1-5H3;2*1H. The molecule has 1 heterocycles. The van der Waals surface area contributed by atoms with Crippen molar-refractivity contribution in [3.05, 3.63) is 15.6 Å². The van der Waals surface area contributed by atoms with Crippen LogP contribution in [0.25, 0.3) is 0 Å². The molecule has 0 aliphatic carbocycles. The van der Waals surface area contributed by atoms with Crippen molar-refractivity contribution in [3.8, 4) is 0 Å². The van der Waals surface area contributed by atoms with Gasteiger partial charge < -0.3 is 15.4 Å². The highest BCUT2D eigenvalue weighted by Gasteiger charge is 2.23. The molecule has 2 N–H and O–H groups in total. The predicted octanol–water partition coefficient (Wildman–Crippen LogP) is 2.49. The molecule has 0 fully saturated rings. The Bertz CT molecular complexity index is 439. The zero-order chi connectivity index (χ0) is 14.6. The second-order valence-electron chi connectivity index (χ2n) is 4.66. The van der Waals surface area contributed by atoms with Gasteiger partial charge in [0.15, 0.2) is 0 Å². The number of nitrogens with zero attached hydrogens (tertiary/aromatic N) is 2. The number of aromatic nitrogens is 1. The monoisotopic (exact) mass is 357 g/mol. The van der Waals surface area contributed by atoms with Gasteiger partial charge in [-0.1, -0.05) is 0 Å². The second-order valence-corrected chi connectivity index (χ2v) is 5.90. The molecule has 2 unspecified atom stereocenters. The fraction of sp³-hybridized carbons (Fsp3) is 0.692. The summed E-state index contributed by atoms with van der Waals surface area (Å²) in [6, 6.07) is 0.0222. The molecule has 0 bridgehead atoms. The number of hydrogen-bond donors (Lipinski definition) is 1. The van der Waals surface area contributed by atoms with Crippen molar-refractivity contribution in [2.75, 3.05) is 20.7 Å². The van der Waals surface area contributed by atoms with Crippen LogP contribution in [0.2, 0.25) is 0 Å². The number of ether oxygens (including phenoxy) is 1. The molecule has 1 aromatic heterocycles. The summed E-state index contributed by atoms with van der Waals surface area (Å²) in [5.41, 5.74) is 6.54. The van der Waals surface area contributed by atoms with Crippen LogP contribution in [0.4, 0.5) is 0 Å². The van der Waals surface area contributed by atoms with Gasteiger partial charge in [-0.25, -0.2) is 4.98 Å². The maximum atomic E-state index is 12.2. The van der Waals surface area contributed by atoms with E-state index in [0.29, 0.717) is 13.0 Å². The van der Waals surface area contributed by atoms with Crippen molar-refractivity contribution in [3.63, 3.8) is 0 Å². The molecule has 0 radical (unpaired) electrons.